The Balaban J connectivity index is 1.76. The van der Waals surface area contributed by atoms with Gasteiger partial charge in [0.1, 0.15) is 0 Å². The smallest absolute Gasteiger partial charge is 0.246 e. The average molecular weight is 325 g/mol. The molecule has 1 aliphatic rings. The van der Waals surface area contributed by atoms with Crippen molar-refractivity contribution in [3.8, 4) is 0 Å². The van der Waals surface area contributed by atoms with E-state index < -0.39 is 0 Å². The molecule has 1 aromatic heterocycles. The number of ether oxygens (including phenoxy) is 2. The highest BCUT2D eigenvalue weighted by Gasteiger charge is 2.28. The SMILES string of the molecule is Cc1nnc([C@@H]2CN(C(=O)CCO[C@H](C)CC(C)C)CCO2)o1. The number of morpholine rings is 1. The van der Waals surface area contributed by atoms with Crippen LogP contribution in [-0.4, -0.2) is 53.4 Å². The van der Waals surface area contributed by atoms with Crippen molar-refractivity contribution in [2.75, 3.05) is 26.3 Å². The van der Waals surface area contributed by atoms with Crippen LogP contribution in [-0.2, 0) is 14.3 Å². The molecule has 2 heterocycles. The van der Waals surface area contributed by atoms with Crippen LogP contribution < -0.4 is 0 Å². The lowest BCUT2D eigenvalue weighted by Gasteiger charge is -2.31. The van der Waals surface area contributed by atoms with Crippen LogP contribution in [0.2, 0.25) is 0 Å². The van der Waals surface area contributed by atoms with Gasteiger partial charge in [-0.15, -0.1) is 10.2 Å². The molecule has 0 aliphatic carbocycles. The average Bonchev–Trinajstić information content (AvgIpc) is 2.93. The van der Waals surface area contributed by atoms with E-state index in [1.54, 1.807) is 11.8 Å². The highest BCUT2D eigenvalue weighted by atomic mass is 16.5. The van der Waals surface area contributed by atoms with E-state index in [-0.39, 0.29) is 18.1 Å². The summed E-state index contributed by atoms with van der Waals surface area (Å²) < 4.78 is 16.7. The summed E-state index contributed by atoms with van der Waals surface area (Å²) in [5, 5.41) is 7.78. The molecule has 0 N–H and O–H groups in total. The van der Waals surface area contributed by atoms with Crippen LogP contribution in [0.1, 0.15) is 51.5 Å². The van der Waals surface area contributed by atoms with Crippen LogP contribution in [0.25, 0.3) is 0 Å². The highest BCUT2D eigenvalue weighted by Crippen LogP contribution is 2.21. The number of aromatic nitrogens is 2. The zero-order valence-corrected chi connectivity index (χ0v) is 14.4. The first kappa shape index (κ1) is 17.9. The molecule has 130 valence electrons. The van der Waals surface area contributed by atoms with Crippen LogP contribution in [0, 0.1) is 12.8 Å². The largest absolute Gasteiger partial charge is 0.423 e. The van der Waals surface area contributed by atoms with E-state index in [9.17, 15) is 4.79 Å². The summed E-state index contributed by atoms with van der Waals surface area (Å²) in [5.74, 6) is 1.60. The molecular weight excluding hydrogens is 298 g/mol. The van der Waals surface area contributed by atoms with Gasteiger partial charge in [0.15, 0.2) is 6.10 Å². The summed E-state index contributed by atoms with van der Waals surface area (Å²) in [6.45, 7) is 10.1. The first-order chi connectivity index (χ1) is 11.0. The van der Waals surface area contributed by atoms with Gasteiger partial charge < -0.3 is 18.8 Å². The molecule has 1 fully saturated rings. The summed E-state index contributed by atoms with van der Waals surface area (Å²) in [4.78, 5) is 14.1. The number of aryl methyl sites for hydroxylation is 1. The fraction of sp³-hybridized carbons (Fsp3) is 0.812. The molecular formula is C16H27N3O4. The lowest BCUT2D eigenvalue weighted by Crippen LogP contribution is -2.42. The monoisotopic (exact) mass is 325 g/mol. The second kappa shape index (κ2) is 8.40. The Bertz CT molecular complexity index is 503. The van der Waals surface area contributed by atoms with Gasteiger partial charge in [-0.1, -0.05) is 13.8 Å². The number of rotatable bonds is 7. The lowest BCUT2D eigenvalue weighted by atomic mass is 10.1. The zero-order valence-electron chi connectivity index (χ0n) is 14.4. The lowest BCUT2D eigenvalue weighted by molar-refractivity contribution is -0.141. The number of carbonyl (C=O) groups excluding carboxylic acids is 1. The summed E-state index contributed by atoms with van der Waals surface area (Å²) in [5.41, 5.74) is 0. The molecule has 2 atom stereocenters. The van der Waals surface area contributed by atoms with E-state index in [0.29, 0.717) is 50.4 Å². The number of nitrogens with zero attached hydrogens (tertiary/aromatic N) is 3. The molecule has 1 aromatic rings. The van der Waals surface area contributed by atoms with Crippen LogP contribution >= 0.6 is 0 Å². The van der Waals surface area contributed by atoms with Gasteiger partial charge in [0.2, 0.25) is 17.7 Å². The zero-order chi connectivity index (χ0) is 16.8. The Morgan fingerprint density at radius 1 is 1.39 bits per heavy atom. The maximum absolute atomic E-state index is 12.3. The minimum Gasteiger partial charge on any atom is -0.423 e. The molecule has 0 unspecified atom stereocenters. The molecule has 7 nitrogen and oxygen atoms in total. The molecule has 0 radical (unpaired) electrons. The minimum atomic E-state index is -0.338. The summed E-state index contributed by atoms with van der Waals surface area (Å²) in [7, 11) is 0. The van der Waals surface area contributed by atoms with Gasteiger partial charge in [-0.2, -0.15) is 0 Å². The topological polar surface area (TPSA) is 77.7 Å². The van der Waals surface area contributed by atoms with Gasteiger partial charge in [-0.3, -0.25) is 4.79 Å². The molecule has 0 saturated carbocycles. The van der Waals surface area contributed by atoms with E-state index in [1.807, 2.05) is 6.92 Å². The van der Waals surface area contributed by atoms with E-state index in [1.165, 1.54) is 0 Å². The Kier molecular flexibility index (Phi) is 6.53. The Morgan fingerprint density at radius 3 is 2.83 bits per heavy atom. The number of hydrogen-bond acceptors (Lipinski definition) is 6. The van der Waals surface area contributed by atoms with E-state index in [0.717, 1.165) is 6.42 Å². The molecule has 0 spiro atoms. The van der Waals surface area contributed by atoms with Gasteiger partial charge in [0, 0.05) is 13.5 Å². The fourth-order valence-electron chi connectivity index (χ4n) is 2.70. The van der Waals surface area contributed by atoms with Crippen molar-refractivity contribution in [3.05, 3.63) is 11.8 Å². The van der Waals surface area contributed by atoms with Gasteiger partial charge in [-0.05, 0) is 19.3 Å². The first-order valence-electron chi connectivity index (χ1n) is 8.26. The van der Waals surface area contributed by atoms with Gasteiger partial charge in [-0.25, -0.2) is 0 Å². The molecule has 1 amide bonds. The predicted octanol–water partition coefficient (Wildman–Crippen LogP) is 2.12. The molecule has 2 rings (SSSR count). The Labute approximate surface area is 137 Å². The van der Waals surface area contributed by atoms with E-state index in [2.05, 4.69) is 24.0 Å². The quantitative estimate of drug-likeness (QED) is 0.764. The maximum Gasteiger partial charge on any atom is 0.246 e. The third kappa shape index (κ3) is 5.58. The first-order valence-corrected chi connectivity index (χ1v) is 8.26. The van der Waals surface area contributed by atoms with E-state index >= 15 is 0 Å². The standard InChI is InChI=1S/C16H27N3O4/c1-11(2)9-12(3)21-7-5-15(20)19-6-8-22-14(10-19)16-18-17-13(4)23-16/h11-12,14H,5-10H2,1-4H3/t12-,14+/m1/s1. The van der Waals surface area contributed by atoms with Crippen molar-refractivity contribution in [2.24, 2.45) is 5.92 Å². The molecule has 0 bridgehead atoms. The van der Waals surface area contributed by atoms with Crippen LogP contribution in [0.5, 0.6) is 0 Å². The maximum atomic E-state index is 12.3. The van der Waals surface area contributed by atoms with Gasteiger partial charge >= 0.3 is 0 Å². The van der Waals surface area contributed by atoms with Gasteiger partial charge in [0.05, 0.1) is 32.3 Å². The minimum absolute atomic E-state index is 0.0753. The van der Waals surface area contributed by atoms with Crippen molar-refractivity contribution in [1.29, 1.82) is 0 Å². The number of amides is 1. The molecule has 23 heavy (non-hydrogen) atoms. The van der Waals surface area contributed by atoms with Crippen molar-refractivity contribution in [2.45, 2.75) is 52.7 Å². The molecule has 1 saturated heterocycles. The fourth-order valence-corrected chi connectivity index (χ4v) is 2.70. The van der Waals surface area contributed by atoms with Crippen molar-refractivity contribution in [1.82, 2.24) is 15.1 Å². The molecule has 0 aromatic carbocycles. The number of carbonyl (C=O) groups is 1. The second-order valence-electron chi connectivity index (χ2n) is 6.42. The van der Waals surface area contributed by atoms with Crippen LogP contribution in [0.4, 0.5) is 0 Å². The second-order valence-corrected chi connectivity index (χ2v) is 6.42. The van der Waals surface area contributed by atoms with E-state index in [4.69, 9.17) is 13.9 Å². The Hall–Kier alpha value is -1.47. The summed E-state index contributed by atoms with van der Waals surface area (Å²) in [6, 6.07) is 0. The van der Waals surface area contributed by atoms with Crippen molar-refractivity contribution < 1.29 is 18.7 Å². The highest BCUT2D eigenvalue weighted by molar-refractivity contribution is 5.76. The summed E-state index contributed by atoms with van der Waals surface area (Å²) >= 11 is 0. The van der Waals surface area contributed by atoms with Crippen LogP contribution in [0.15, 0.2) is 4.42 Å². The van der Waals surface area contributed by atoms with Crippen LogP contribution in [0.3, 0.4) is 0 Å². The van der Waals surface area contributed by atoms with Crippen molar-refractivity contribution in [3.63, 3.8) is 0 Å². The predicted molar refractivity (Wildman–Crippen MR) is 83.8 cm³/mol. The third-order valence-electron chi connectivity index (χ3n) is 3.76. The van der Waals surface area contributed by atoms with Crippen molar-refractivity contribution >= 4 is 5.91 Å². The summed E-state index contributed by atoms with van der Waals surface area (Å²) in [6.07, 6.45) is 1.24. The molecule has 1 aliphatic heterocycles. The molecule has 7 heteroatoms. The third-order valence-corrected chi connectivity index (χ3v) is 3.76. The Morgan fingerprint density at radius 2 is 2.17 bits per heavy atom. The normalized spacial score (nSPS) is 20.0. The van der Waals surface area contributed by atoms with Gasteiger partial charge in [0.25, 0.3) is 0 Å². The number of hydrogen-bond donors (Lipinski definition) is 0.